The molecule has 2 aromatic carbocycles. The minimum absolute atomic E-state index is 0.256. The van der Waals surface area contributed by atoms with E-state index in [1.807, 2.05) is 6.92 Å². The summed E-state index contributed by atoms with van der Waals surface area (Å²) in [6.45, 7) is 3.77. The minimum Gasteiger partial charge on any atom is -0.315 e. The zero-order chi connectivity index (χ0) is 20.8. The Morgan fingerprint density at radius 3 is 2.67 bits per heavy atom. The van der Waals surface area contributed by atoms with E-state index in [-0.39, 0.29) is 6.03 Å². The highest BCUT2D eigenvalue weighted by Crippen LogP contribution is 2.32. The number of fused-ring (bicyclic) bond motifs is 1. The van der Waals surface area contributed by atoms with Gasteiger partial charge in [0.1, 0.15) is 11.6 Å². The summed E-state index contributed by atoms with van der Waals surface area (Å²) in [5, 5.41) is 5.47. The Labute approximate surface area is 173 Å². The number of urea groups is 1. The van der Waals surface area contributed by atoms with Crippen LogP contribution in [0.15, 0.2) is 52.1 Å². The predicted molar refractivity (Wildman–Crippen MR) is 111 cm³/mol. The summed E-state index contributed by atoms with van der Waals surface area (Å²) < 4.78 is 27.2. The van der Waals surface area contributed by atoms with Gasteiger partial charge in [0.25, 0.3) is 0 Å². The van der Waals surface area contributed by atoms with Gasteiger partial charge in [-0.15, -0.1) is 0 Å². The van der Waals surface area contributed by atoms with Crippen molar-refractivity contribution in [3.05, 3.63) is 75.9 Å². The third-order valence-corrected chi connectivity index (χ3v) is 5.73. The van der Waals surface area contributed by atoms with Gasteiger partial charge in [-0.05, 0) is 47.4 Å². The van der Waals surface area contributed by atoms with Crippen LogP contribution in [0.1, 0.15) is 41.6 Å². The quantitative estimate of drug-likeness (QED) is 0.722. The lowest BCUT2D eigenvalue weighted by Gasteiger charge is -2.37. The van der Waals surface area contributed by atoms with Crippen LogP contribution in [0.2, 0.25) is 0 Å². The predicted octanol–water partition coefficient (Wildman–Crippen LogP) is 4.54. The van der Waals surface area contributed by atoms with Crippen molar-refractivity contribution in [3.8, 4) is 0 Å². The Hall–Kier alpha value is -3.35. The summed E-state index contributed by atoms with van der Waals surface area (Å²) in [6, 6.07) is 8.89. The normalized spacial score (nSPS) is 19.6. The molecule has 0 aromatic heterocycles. The number of benzene rings is 2. The maximum absolute atomic E-state index is 13.6. The Bertz CT molecular complexity index is 1110. The number of rotatable bonds is 2. The van der Waals surface area contributed by atoms with Crippen molar-refractivity contribution in [2.75, 3.05) is 13.1 Å². The second-order valence-electron chi connectivity index (χ2n) is 7.86. The van der Waals surface area contributed by atoms with Crippen LogP contribution >= 0.6 is 0 Å². The summed E-state index contributed by atoms with van der Waals surface area (Å²) in [7, 11) is 0. The SMILES string of the molecule is CC1=NCc2cc(C=C3CN(C(=O)N4N=CC[C@H]4c4cc(F)cc(F)c4)C3)ccc21. The number of hydrogen-bond acceptors (Lipinski definition) is 3. The summed E-state index contributed by atoms with van der Waals surface area (Å²) >= 11 is 0. The van der Waals surface area contributed by atoms with Gasteiger partial charge in [-0.1, -0.05) is 18.2 Å². The number of hydrazone groups is 1. The second-order valence-corrected chi connectivity index (χ2v) is 7.86. The zero-order valence-electron chi connectivity index (χ0n) is 16.5. The molecule has 1 saturated heterocycles. The Morgan fingerprint density at radius 1 is 1.13 bits per heavy atom. The summed E-state index contributed by atoms with van der Waals surface area (Å²) in [5.41, 5.74) is 6.16. The first-order valence-electron chi connectivity index (χ1n) is 9.88. The van der Waals surface area contributed by atoms with E-state index in [2.05, 4.69) is 34.4 Å². The van der Waals surface area contributed by atoms with Gasteiger partial charge in [-0.25, -0.2) is 18.6 Å². The first kappa shape index (κ1) is 18.7. The van der Waals surface area contributed by atoms with E-state index >= 15 is 0 Å². The van der Waals surface area contributed by atoms with E-state index in [4.69, 9.17) is 0 Å². The lowest BCUT2D eigenvalue weighted by molar-refractivity contribution is 0.136. The minimum atomic E-state index is -0.659. The molecule has 0 spiro atoms. The fraction of sp³-hybridized carbons (Fsp3) is 0.261. The van der Waals surface area contributed by atoms with E-state index in [1.54, 1.807) is 11.1 Å². The zero-order valence-corrected chi connectivity index (χ0v) is 16.5. The van der Waals surface area contributed by atoms with Crippen LogP contribution in [0.4, 0.5) is 13.6 Å². The summed E-state index contributed by atoms with van der Waals surface area (Å²) in [5.74, 6) is -1.32. The monoisotopic (exact) mass is 406 g/mol. The molecule has 152 valence electrons. The first-order valence-corrected chi connectivity index (χ1v) is 9.88. The van der Waals surface area contributed by atoms with Gasteiger partial charge >= 0.3 is 6.03 Å². The number of amides is 2. The smallest absolute Gasteiger partial charge is 0.315 e. The number of halogens is 2. The van der Waals surface area contributed by atoms with Crippen molar-refractivity contribution in [2.45, 2.75) is 25.9 Å². The van der Waals surface area contributed by atoms with E-state index in [0.29, 0.717) is 25.1 Å². The first-order chi connectivity index (χ1) is 14.5. The van der Waals surface area contributed by atoms with E-state index in [0.717, 1.165) is 29.5 Å². The summed E-state index contributed by atoms with van der Waals surface area (Å²) in [4.78, 5) is 19.0. The van der Waals surface area contributed by atoms with Crippen molar-refractivity contribution in [1.29, 1.82) is 0 Å². The van der Waals surface area contributed by atoms with Gasteiger partial charge in [0.15, 0.2) is 0 Å². The van der Waals surface area contributed by atoms with Crippen LogP contribution in [-0.4, -0.2) is 41.0 Å². The molecule has 0 saturated carbocycles. The van der Waals surface area contributed by atoms with Gasteiger partial charge in [-0.2, -0.15) is 5.10 Å². The molecule has 3 aliphatic heterocycles. The third kappa shape index (κ3) is 3.30. The van der Waals surface area contributed by atoms with Crippen molar-refractivity contribution < 1.29 is 13.6 Å². The van der Waals surface area contributed by atoms with Gasteiger partial charge in [0.05, 0.1) is 12.6 Å². The van der Waals surface area contributed by atoms with Gasteiger partial charge < -0.3 is 4.90 Å². The van der Waals surface area contributed by atoms with Gasteiger partial charge in [-0.3, -0.25) is 4.99 Å². The molecule has 0 radical (unpaired) electrons. The average molecular weight is 406 g/mol. The Kier molecular flexibility index (Phi) is 4.46. The average Bonchev–Trinajstić information content (AvgIpc) is 3.30. The highest BCUT2D eigenvalue weighted by molar-refractivity contribution is 6.02. The molecule has 7 heteroatoms. The molecule has 1 atom stereocenters. The van der Waals surface area contributed by atoms with Gasteiger partial charge in [0, 0.05) is 43.1 Å². The molecule has 0 bridgehead atoms. The Morgan fingerprint density at radius 2 is 1.90 bits per heavy atom. The summed E-state index contributed by atoms with van der Waals surface area (Å²) in [6.07, 6.45) is 4.14. The second kappa shape index (κ2) is 7.16. The molecule has 3 aliphatic rings. The highest BCUT2D eigenvalue weighted by Gasteiger charge is 2.35. The van der Waals surface area contributed by atoms with Crippen LogP contribution in [0, 0.1) is 11.6 Å². The van der Waals surface area contributed by atoms with Crippen molar-refractivity contribution >= 4 is 24.0 Å². The number of carbonyl (C=O) groups excluding carboxylic acids is 1. The lowest BCUT2D eigenvalue weighted by atomic mass is 9.99. The molecule has 2 aromatic rings. The van der Waals surface area contributed by atoms with E-state index in [9.17, 15) is 13.6 Å². The number of aliphatic imine (C=N–C) groups is 1. The van der Waals surface area contributed by atoms with E-state index in [1.165, 1.54) is 28.3 Å². The van der Waals surface area contributed by atoms with Crippen molar-refractivity contribution in [3.63, 3.8) is 0 Å². The fourth-order valence-electron chi connectivity index (χ4n) is 4.17. The molecule has 0 unspecified atom stereocenters. The van der Waals surface area contributed by atoms with Crippen LogP contribution in [0.25, 0.3) is 6.08 Å². The van der Waals surface area contributed by atoms with Crippen LogP contribution in [0.5, 0.6) is 0 Å². The molecule has 3 heterocycles. The standard InChI is InChI=1S/C23H20F2N4O/c1-14-21-3-2-15(7-18(21)11-26-14)6-16-12-28(13-16)23(30)29-22(4-5-27-29)17-8-19(24)10-20(25)9-17/h2-3,5-10,22H,4,11-13H2,1H3/t22-/m0/s1. The maximum atomic E-state index is 13.6. The molecule has 30 heavy (non-hydrogen) atoms. The topological polar surface area (TPSA) is 48.3 Å². The van der Waals surface area contributed by atoms with Crippen LogP contribution in [-0.2, 0) is 6.54 Å². The van der Waals surface area contributed by atoms with Crippen LogP contribution < -0.4 is 0 Å². The molecule has 0 aliphatic carbocycles. The molecule has 0 N–H and O–H groups in total. The lowest BCUT2D eigenvalue weighted by Crippen LogP contribution is -2.49. The number of likely N-dealkylation sites (tertiary alicyclic amines) is 1. The van der Waals surface area contributed by atoms with Crippen molar-refractivity contribution in [2.24, 2.45) is 10.1 Å². The van der Waals surface area contributed by atoms with Crippen molar-refractivity contribution in [1.82, 2.24) is 9.91 Å². The number of hydrogen-bond donors (Lipinski definition) is 0. The fourth-order valence-corrected chi connectivity index (χ4v) is 4.17. The third-order valence-electron chi connectivity index (χ3n) is 5.73. The molecule has 1 fully saturated rings. The Balaban J connectivity index is 1.26. The molecule has 2 amide bonds. The van der Waals surface area contributed by atoms with E-state index < -0.39 is 17.7 Å². The van der Waals surface area contributed by atoms with Gasteiger partial charge in [0.2, 0.25) is 0 Å². The molecular weight excluding hydrogens is 386 g/mol. The largest absolute Gasteiger partial charge is 0.341 e. The molecule has 5 rings (SSSR count). The maximum Gasteiger partial charge on any atom is 0.341 e. The van der Waals surface area contributed by atoms with Crippen LogP contribution in [0.3, 0.4) is 0 Å². The highest BCUT2D eigenvalue weighted by atomic mass is 19.1. The molecule has 5 nitrogen and oxygen atoms in total. The number of carbonyl (C=O) groups is 1. The number of nitrogens with zero attached hydrogens (tertiary/aromatic N) is 4. The molecular formula is C23H20F2N4O.